The Labute approximate surface area is 106 Å². The first kappa shape index (κ1) is 12.8. The minimum absolute atomic E-state index is 0.0219. The monoisotopic (exact) mass is 269 g/mol. The highest BCUT2D eigenvalue weighted by Crippen LogP contribution is 2.30. The first-order valence-corrected chi connectivity index (χ1v) is 7.08. The van der Waals surface area contributed by atoms with E-state index in [4.69, 9.17) is 5.14 Å². The lowest BCUT2D eigenvalue weighted by molar-refractivity contribution is -0.117. The molecular weight excluding hydrogens is 254 g/mol. The number of hydrogen-bond acceptors (Lipinski definition) is 4. The van der Waals surface area contributed by atoms with Gasteiger partial charge in [0.2, 0.25) is 15.9 Å². The van der Waals surface area contributed by atoms with Crippen LogP contribution in [0.1, 0.15) is 13.8 Å². The van der Waals surface area contributed by atoms with Gasteiger partial charge in [-0.3, -0.25) is 4.79 Å². The van der Waals surface area contributed by atoms with Crippen LogP contribution < -0.4 is 15.8 Å². The molecule has 18 heavy (non-hydrogen) atoms. The Morgan fingerprint density at radius 2 is 1.94 bits per heavy atom. The standard InChI is InChI=1S/C11H15N3O3S/c1-6(2)10-11(15)14-9-5-7(18(12,16)17)3-4-8(9)13-10/h3-6,10,13H,1-2H3,(H,14,15)(H2,12,16,17). The van der Waals surface area contributed by atoms with E-state index in [1.54, 1.807) is 6.07 Å². The summed E-state index contributed by atoms with van der Waals surface area (Å²) >= 11 is 0. The maximum Gasteiger partial charge on any atom is 0.247 e. The average Bonchev–Trinajstić information content (AvgIpc) is 2.25. The second-order valence-electron chi connectivity index (χ2n) is 4.61. The van der Waals surface area contributed by atoms with Crippen molar-refractivity contribution in [2.75, 3.05) is 10.6 Å². The quantitative estimate of drug-likeness (QED) is 0.736. The van der Waals surface area contributed by atoms with Gasteiger partial charge < -0.3 is 10.6 Å². The molecule has 1 unspecified atom stereocenters. The molecule has 6 nitrogen and oxygen atoms in total. The summed E-state index contributed by atoms with van der Waals surface area (Å²) in [5.41, 5.74) is 1.13. The van der Waals surface area contributed by atoms with E-state index in [9.17, 15) is 13.2 Å². The van der Waals surface area contributed by atoms with Crippen LogP contribution in [0.4, 0.5) is 11.4 Å². The molecule has 0 bridgehead atoms. The molecule has 0 spiro atoms. The summed E-state index contributed by atoms with van der Waals surface area (Å²) in [5.74, 6) is -0.0415. The Kier molecular flexibility index (Phi) is 3.04. The number of anilines is 2. The predicted octanol–water partition coefficient (Wildman–Crippen LogP) is 0.723. The molecule has 98 valence electrons. The summed E-state index contributed by atoms with van der Waals surface area (Å²) in [4.78, 5) is 11.8. The zero-order chi connectivity index (χ0) is 13.5. The van der Waals surface area contributed by atoms with Gasteiger partial charge in [-0.05, 0) is 24.1 Å². The number of nitrogens with one attached hydrogen (secondary N) is 2. The molecule has 0 saturated heterocycles. The molecular formula is C11H15N3O3S. The number of sulfonamides is 1. The smallest absolute Gasteiger partial charge is 0.247 e. The van der Waals surface area contributed by atoms with Crippen LogP contribution in [-0.2, 0) is 14.8 Å². The van der Waals surface area contributed by atoms with Crippen LogP contribution in [0.15, 0.2) is 23.1 Å². The molecule has 0 aliphatic carbocycles. The van der Waals surface area contributed by atoms with Crippen molar-refractivity contribution in [2.24, 2.45) is 11.1 Å². The Hall–Kier alpha value is -1.60. The predicted molar refractivity (Wildman–Crippen MR) is 68.7 cm³/mol. The summed E-state index contributed by atoms with van der Waals surface area (Å²) in [5, 5.41) is 10.8. The van der Waals surface area contributed by atoms with Crippen molar-refractivity contribution in [3.63, 3.8) is 0 Å². The minimum atomic E-state index is -3.76. The topological polar surface area (TPSA) is 101 Å². The van der Waals surface area contributed by atoms with Crippen molar-refractivity contribution in [2.45, 2.75) is 24.8 Å². The van der Waals surface area contributed by atoms with Gasteiger partial charge in [-0.1, -0.05) is 13.8 Å². The van der Waals surface area contributed by atoms with Gasteiger partial charge in [0.25, 0.3) is 0 Å². The van der Waals surface area contributed by atoms with E-state index >= 15 is 0 Å². The number of amides is 1. The van der Waals surface area contributed by atoms with E-state index in [2.05, 4.69) is 10.6 Å². The number of fused-ring (bicyclic) bond motifs is 1. The molecule has 1 aromatic rings. The van der Waals surface area contributed by atoms with Gasteiger partial charge in [0, 0.05) is 0 Å². The van der Waals surface area contributed by atoms with Gasteiger partial charge in [-0.15, -0.1) is 0 Å². The van der Waals surface area contributed by atoms with E-state index in [0.717, 1.165) is 0 Å². The number of nitrogens with two attached hydrogens (primary N) is 1. The highest BCUT2D eigenvalue weighted by molar-refractivity contribution is 7.89. The maximum atomic E-state index is 11.8. The van der Waals surface area contributed by atoms with Crippen molar-refractivity contribution < 1.29 is 13.2 Å². The van der Waals surface area contributed by atoms with Crippen LogP contribution in [0.3, 0.4) is 0 Å². The zero-order valence-electron chi connectivity index (χ0n) is 10.1. The largest absolute Gasteiger partial charge is 0.372 e. The Morgan fingerprint density at radius 1 is 1.28 bits per heavy atom. The summed E-state index contributed by atoms with van der Waals surface area (Å²) in [7, 11) is -3.76. The maximum absolute atomic E-state index is 11.8. The van der Waals surface area contributed by atoms with Crippen LogP contribution in [-0.4, -0.2) is 20.4 Å². The number of hydrogen-bond donors (Lipinski definition) is 3. The number of primary sulfonamides is 1. The van der Waals surface area contributed by atoms with Gasteiger partial charge in [0.1, 0.15) is 6.04 Å². The van der Waals surface area contributed by atoms with Gasteiger partial charge in [0.15, 0.2) is 0 Å². The summed E-state index contributed by atoms with van der Waals surface area (Å²) in [6, 6.07) is 4.05. The van der Waals surface area contributed by atoms with Crippen LogP contribution in [0.25, 0.3) is 0 Å². The summed E-state index contributed by atoms with van der Waals surface area (Å²) in [6.07, 6.45) is 0. The molecule has 1 amide bonds. The fraction of sp³-hybridized carbons (Fsp3) is 0.364. The zero-order valence-corrected chi connectivity index (χ0v) is 10.9. The Bertz CT molecular complexity index is 596. The van der Waals surface area contributed by atoms with Crippen molar-refractivity contribution in [3.05, 3.63) is 18.2 Å². The third kappa shape index (κ3) is 2.32. The SMILES string of the molecule is CC(C)C1Nc2ccc(S(N)(=O)=O)cc2NC1=O. The first-order chi connectivity index (χ1) is 8.29. The van der Waals surface area contributed by atoms with Crippen molar-refractivity contribution in [1.29, 1.82) is 0 Å². The number of carbonyl (C=O) groups excluding carboxylic acids is 1. The Balaban J connectivity index is 2.41. The highest BCUT2D eigenvalue weighted by atomic mass is 32.2. The van der Waals surface area contributed by atoms with Gasteiger partial charge >= 0.3 is 0 Å². The lowest BCUT2D eigenvalue weighted by atomic mass is 10.0. The number of carbonyl (C=O) groups is 1. The molecule has 1 heterocycles. The molecule has 1 atom stereocenters. The fourth-order valence-corrected chi connectivity index (χ4v) is 2.38. The van der Waals surface area contributed by atoms with Crippen LogP contribution in [0, 0.1) is 5.92 Å². The lowest BCUT2D eigenvalue weighted by Gasteiger charge is -2.29. The van der Waals surface area contributed by atoms with E-state index in [1.807, 2.05) is 13.8 Å². The van der Waals surface area contributed by atoms with Gasteiger partial charge in [0.05, 0.1) is 16.3 Å². The second kappa shape index (κ2) is 4.25. The van der Waals surface area contributed by atoms with E-state index in [1.165, 1.54) is 12.1 Å². The van der Waals surface area contributed by atoms with Crippen LogP contribution in [0.2, 0.25) is 0 Å². The third-order valence-electron chi connectivity index (χ3n) is 2.84. The van der Waals surface area contributed by atoms with E-state index in [-0.39, 0.29) is 22.8 Å². The van der Waals surface area contributed by atoms with Crippen molar-refractivity contribution >= 4 is 27.3 Å². The molecule has 0 radical (unpaired) electrons. The Morgan fingerprint density at radius 3 is 2.50 bits per heavy atom. The minimum Gasteiger partial charge on any atom is -0.372 e. The molecule has 4 N–H and O–H groups in total. The van der Waals surface area contributed by atoms with Gasteiger partial charge in [-0.2, -0.15) is 0 Å². The number of rotatable bonds is 2. The lowest BCUT2D eigenvalue weighted by Crippen LogP contribution is -2.42. The molecule has 1 aliphatic heterocycles. The summed E-state index contributed by atoms with van der Waals surface area (Å²) in [6.45, 7) is 3.86. The van der Waals surface area contributed by atoms with Crippen molar-refractivity contribution in [1.82, 2.24) is 0 Å². The van der Waals surface area contributed by atoms with Crippen LogP contribution >= 0.6 is 0 Å². The van der Waals surface area contributed by atoms with Crippen molar-refractivity contribution in [3.8, 4) is 0 Å². The average molecular weight is 269 g/mol. The molecule has 1 aromatic carbocycles. The van der Waals surface area contributed by atoms with Gasteiger partial charge in [-0.25, -0.2) is 13.6 Å². The molecule has 0 fully saturated rings. The fourth-order valence-electron chi connectivity index (χ4n) is 1.84. The molecule has 7 heteroatoms. The van der Waals surface area contributed by atoms with E-state index < -0.39 is 10.0 Å². The number of benzene rings is 1. The molecule has 0 aromatic heterocycles. The molecule has 2 rings (SSSR count). The van der Waals surface area contributed by atoms with Crippen LogP contribution in [0.5, 0.6) is 0 Å². The third-order valence-corrected chi connectivity index (χ3v) is 3.75. The molecule has 1 aliphatic rings. The first-order valence-electron chi connectivity index (χ1n) is 5.53. The van der Waals surface area contributed by atoms with E-state index in [0.29, 0.717) is 11.4 Å². The normalized spacial score (nSPS) is 19.1. The summed E-state index contributed by atoms with van der Waals surface area (Å²) < 4.78 is 22.4. The molecule has 0 saturated carbocycles. The second-order valence-corrected chi connectivity index (χ2v) is 6.17. The highest BCUT2D eigenvalue weighted by Gasteiger charge is 2.28.